The zero-order chi connectivity index (χ0) is 14.8. The number of halogens is 3. The molecule has 2 nitrogen and oxygen atoms in total. The Kier molecular flexibility index (Phi) is 4.08. The molecule has 0 bridgehead atoms. The normalized spacial score (nSPS) is 14.2. The summed E-state index contributed by atoms with van der Waals surface area (Å²) in [4.78, 5) is 0. The van der Waals surface area contributed by atoms with E-state index in [1.54, 1.807) is 12.1 Å². The Morgan fingerprint density at radius 2 is 1.95 bits per heavy atom. The predicted octanol–water partition coefficient (Wildman–Crippen LogP) is 4.66. The number of rotatable bonds is 5. The van der Waals surface area contributed by atoms with Gasteiger partial charge >= 0.3 is 0 Å². The summed E-state index contributed by atoms with van der Waals surface area (Å²) in [6.45, 7) is 0.693. The largest absolute Gasteiger partial charge is 0.454 e. The van der Waals surface area contributed by atoms with Crippen molar-refractivity contribution >= 4 is 11.6 Å². The molecule has 0 saturated heterocycles. The Hall–Kier alpha value is -1.65. The molecule has 0 spiro atoms. The molecule has 1 fully saturated rings. The third-order valence-corrected chi connectivity index (χ3v) is 3.66. The van der Waals surface area contributed by atoms with E-state index < -0.39 is 11.6 Å². The van der Waals surface area contributed by atoms with Crippen molar-refractivity contribution in [2.24, 2.45) is 0 Å². The molecule has 0 radical (unpaired) electrons. The Bertz CT molecular complexity index is 659. The topological polar surface area (TPSA) is 21.3 Å². The fourth-order valence-electron chi connectivity index (χ4n) is 1.96. The number of hydrogen-bond acceptors (Lipinski definition) is 2. The third kappa shape index (κ3) is 3.71. The number of hydrogen-bond donors (Lipinski definition) is 1. The number of ether oxygens (including phenoxy) is 1. The molecule has 0 aromatic heterocycles. The lowest BCUT2D eigenvalue weighted by molar-refractivity contribution is 0.436. The van der Waals surface area contributed by atoms with Crippen molar-refractivity contribution in [3.05, 3.63) is 58.6 Å². The summed E-state index contributed by atoms with van der Waals surface area (Å²) in [7, 11) is 0. The minimum absolute atomic E-state index is 0.157. The Balaban J connectivity index is 1.73. The summed E-state index contributed by atoms with van der Waals surface area (Å²) in [5.74, 6) is -0.954. The first-order chi connectivity index (χ1) is 10.1. The van der Waals surface area contributed by atoms with E-state index in [2.05, 4.69) is 5.32 Å². The summed E-state index contributed by atoms with van der Waals surface area (Å²) in [5, 5.41) is 3.90. The van der Waals surface area contributed by atoms with Crippen molar-refractivity contribution in [2.75, 3.05) is 0 Å². The van der Waals surface area contributed by atoms with Crippen LogP contribution in [0.4, 0.5) is 8.78 Å². The molecule has 0 atom stereocenters. The van der Waals surface area contributed by atoms with Crippen LogP contribution in [-0.2, 0) is 6.54 Å². The molecule has 0 aliphatic heterocycles. The lowest BCUT2D eigenvalue weighted by atomic mass is 10.2. The first-order valence-corrected chi connectivity index (χ1v) is 7.14. The fraction of sp³-hybridized carbons (Fsp3) is 0.250. The van der Waals surface area contributed by atoms with Gasteiger partial charge in [0.15, 0.2) is 11.6 Å². The average Bonchev–Trinajstić information content (AvgIpc) is 3.26. The molecule has 3 rings (SSSR count). The van der Waals surface area contributed by atoms with Gasteiger partial charge in [0, 0.05) is 23.7 Å². The summed E-state index contributed by atoms with van der Waals surface area (Å²) in [6, 6.07) is 8.80. The monoisotopic (exact) mass is 309 g/mol. The highest BCUT2D eigenvalue weighted by molar-refractivity contribution is 6.31. The molecule has 0 amide bonds. The SMILES string of the molecule is Fc1ccc(F)c(Oc2ccc(CNC3CC3)c(Cl)c2)c1. The van der Waals surface area contributed by atoms with Gasteiger partial charge in [0.2, 0.25) is 0 Å². The van der Waals surface area contributed by atoms with E-state index in [9.17, 15) is 8.78 Å². The molecule has 1 aliphatic rings. The van der Waals surface area contributed by atoms with Gasteiger partial charge in [-0.2, -0.15) is 0 Å². The van der Waals surface area contributed by atoms with Gasteiger partial charge < -0.3 is 10.1 Å². The van der Waals surface area contributed by atoms with Gasteiger partial charge in [-0.1, -0.05) is 17.7 Å². The maximum Gasteiger partial charge on any atom is 0.165 e. The van der Waals surface area contributed by atoms with Gasteiger partial charge in [0.05, 0.1) is 0 Å². The summed E-state index contributed by atoms with van der Waals surface area (Å²) < 4.78 is 32.0. The van der Waals surface area contributed by atoms with Gasteiger partial charge in [-0.25, -0.2) is 8.78 Å². The quantitative estimate of drug-likeness (QED) is 0.867. The molecule has 2 aromatic rings. The van der Waals surface area contributed by atoms with Crippen LogP contribution in [0, 0.1) is 11.6 Å². The summed E-state index contributed by atoms with van der Waals surface area (Å²) >= 11 is 6.18. The van der Waals surface area contributed by atoms with Crippen LogP contribution in [-0.4, -0.2) is 6.04 Å². The summed E-state index contributed by atoms with van der Waals surface area (Å²) in [5.41, 5.74) is 0.954. The van der Waals surface area contributed by atoms with E-state index in [4.69, 9.17) is 16.3 Å². The number of benzene rings is 2. The molecule has 1 saturated carbocycles. The van der Waals surface area contributed by atoms with Crippen LogP contribution in [0.2, 0.25) is 5.02 Å². The molecule has 0 heterocycles. The smallest absolute Gasteiger partial charge is 0.165 e. The van der Waals surface area contributed by atoms with E-state index in [0.29, 0.717) is 23.4 Å². The zero-order valence-electron chi connectivity index (χ0n) is 11.2. The standard InChI is InChI=1S/C16H14ClF2NO/c17-14-8-13(5-1-10(14)9-20-12-3-4-12)21-16-7-11(18)2-6-15(16)19/h1-2,5-8,12,20H,3-4,9H2. The minimum Gasteiger partial charge on any atom is -0.454 e. The van der Waals surface area contributed by atoms with E-state index in [-0.39, 0.29) is 5.75 Å². The predicted molar refractivity (Wildman–Crippen MR) is 77.7 cm³/mol. The second-order valence-corrected chi connectivity index (χ2v) is 5.49. The molecular weight excluding hydrogens is 296 g/mol. The molecule has 1 N–H and O–H groups in total. The molecule has 1 aliphatic carbocycles. The van der Waals surface area contributed by atoms with Crippen LogP contribution in [0.25, 0.3) is 0 Å². The summed E-state index contributed by atoms with van der Waals surface area (Å²) in [6.07, 6.45) is 2.41. The van der Waals surface area contributed by atoms with E-state index >= 15 is 0 Å². The Morgan fingerprint density at radius 3 is 2.67 bits per heavy atom. The van der Waals surface area contributed by atoms with Crippen LogP contribution in [0.5, 0.6) is 11.5 Å². The van der Waals surface area contributed by atoms with Gasteiger partial charge in [-0.05, 0) is 42.7 Å². The van der Waals surface area contributed by atoms with Crippen molar-refractivity contribution in [2.45, 2.75) is 25.4 Å². The molecular formula is C16H14ClF2NO. The highest BCUT2D eigenvalue weighted by Gasteiger charge is 2.20. The first kappa shape index (κ1) is 14.3. The Morgan fingerprint density at radius 1 is 1.14 bits per heavy atom. The second kappa shape index (κ2) is 6.00. The van der Waals surface area contributed by atoms with E-state index in [1.807, 2.05) is 6.07 Å². The van der Waals surface area contributed by atoms with Crippen LogP contribution in [0.1, 0.15) is 18.4 Å². The molecule has 0 unspecified atom stereocenters. The van der Waals surface area contributed by atoms with Crippen LogP contribution < -0.4 is 10.1 Å². The lowest BCUT2D eigenvalue weighted by Gasteiger charge is -2.10. The van der Waals surface area contributed by atoms with E-state index in [0.717, 1.165) is 23.8 Å². The van der Waals surface area contributed by atoms with Gasteiger partial charge in [0.25, 0.3) is 0 Å². The maximum atomic E-state index is 13.5. The number of nitrogens with one attached hydrogen (secondary N) is 1. The first-order valence-electron chi connectivity index (χ1n) is 6.76. The Labute approximate surface area is 126 Å². The van der Waals surface area contributed by atoms with Crippen molar-refractivity contribution < 1.29 is 13.5 Å². The van der Waals surface area contributed by atoms with Gasteiger partial charge in [0.1, 0.15) is 11.6 Å². The van der Waals surface area contributed by atoms with Crippen molar-refractivity contribution in [3.8, 4) is 11.5 Å². The van der Waals surface area contributed by atoms with Crippen LogP contribution >= 0.6 is 11.6 Å². The third-order valence-electron chi connectivity index (χ3n) is 3.30. The highest BCUT2D eigenvalue weighted by Crippen LogP contribution is 2.29. The zero-order valence-corrected chi connectivity index (χ0v) is 12.0. The van der Waals surface area contributed by atoms with Crippen LogP contribution in [0.15, 0.2) is 36.4 Å². The molecule has 5 heteroatoms. The fourth-order valence-corrected chi connectivity index (χ4v) is 2.20. The molecule has 21 heavy (non-hydrogen) atoms. The van der Waals surface area contributed by atoms with Gasteiger partial charge in [-0.15, -0.1) is 0 Å². The van der Waals surface area contributed by atoms with Gasteiger partial charge in [-0.3, -0.25) is 0 Å². The molecule has 2 aromatic carbocycles. The van der Waals surface area contributed by atoms with Crippen molar-refractivity contribution in [3.63, 3.8) is 0 Å². The van der Waals surface area contributed by atoms with E-state index in [1.165, 1.54) is 12.8 Å². The minimum atomic E-state index is -0.619. The maximum absolute atomic E-state index is 13.5. The lowest BCUT2D eigenvalue weighted by Crippen LogP contribution is -2.15. The average molecular weight is 310 g/mol. The second-order valence-electron chi connectivity index (χ2n) is 5.09. The van der Waals surface area contributed by atoms with Crippen molar-refractivity contribution in [1.82, 2.24) is 5.32 Å². The van der Waals surface area contributed by atoms with Crippen molar-refractivity contribution in [1.29, 1.82) is 0 Å². The molecule has 110 valence electrons. The highest BCUT2D eigenvalue weighted by atomic mass is 35.5. The van der Waals surface area contributed by atoms with Crippen LogP contribution in [0.3, 0.4) is 0 Å².